The zero-order chi connectivity index (χ0) is 21.7. The number of nitrogens with zero attached hydrogens (tertiary/aromatic N) is 2. The summed E-state index contributed by atoms with van der Waals surface area (Å²) in [6, 6.07) is 8.10. The lowest BCUT2D eigenvalue weighted by atomic mass is 10.1. The van der Waals surface area contributed by atoms with Crippen molar-refractivity contribution in [3.8, 4) is 11.3 Å². The van der Waals surface area contributed by atoms with Gasteiger partial charge in [-0.2, -0.15) is 0 Å². The summed E-state index contributed by atoms with van der Waals surface area (Å²) in [6.07, 6.45) is 3.86. The number of aryl methyl sites for hydroxylation is 1. The quantitative estimate of drug-likeness (QED) is 0.622. The Bertz CT molecular complexity index is 1060. The molecule has 1 atom stereocenters. The standard InChI is InChI=1S/C21H26ClN3O4S/c1-2-3-4-5-19-24-18(15-6-8-16(22)9-7-15)12-21(27)25(19)13-20(26)23-17-10-11-30(28,29)14-17/h6-9,12,17H,2-5,10-11,13-14H2,1H3,(H,23,26). The van der Waals surface area contributed by atoms with Gasteiger partial charge >= 0.3 is 0 Å². The highest BCUT2D eigenvalue weighted by Gasteiger charge is 2.29. The first-order valence-electron chi connectivity index (χ1n) is 10.1. The molecule has 0 spiro atoms. The van der Waals surface area contributed by atoms with Gasteiger partial charge in [-0.3, -0.25) is 14.2 Å². The number of halogens is 1. The molecule has 2 heterocycles. The number of rotatable bonds is 8. The molecule has 7 nitrogen and oxygen atoms in total. The van der Waals surface area contributed by atoms with Crippen molar-refractivity contribution < 1.29 is 13.2 Å². The number of benzene rings is 1. The lowest BCUT2D eigenvalue weighted by molar-refractivity contribution is -0.122. The van der Waals surface area contributed by atoms with Crippen LogP contribution in [-0.4, -0.2) is 41.4 Å². The second-order valence-corrected chi connectivity index (χ2v) is 10.3. The van der Waals surface area contributed by atoms with E-state index in [0.717, 1.165) is 24.8 Å². The van der Waals surface area contributed by atoms with Crippen molar-refractivity contribution in [2.24, 2.45) is 0 Å². The van der Waals surface area contributed by atoms with Gasteiger partial charge in [0.2, 0.25) is 5.91 Å². The average Bonchev–Trinajstić information content (AvgIpc) is 3.03. The Kier molecular flexibility index (Phi) is 7.31. The Labute approximate surface area is 181 Å². The number of carbonyl (C=O) groups excluding carboxylic acids is 1. The second-order valence-electron chi connectivity index (χ2n) is 7.61. The van der Waals surface area contributed by atoms with Crippen LogP contribution in [0.2, 0.25) is 5.02 Å². The number of sulfone groups is 1. The Morgan fingerprint density at radius 3 is 2.63 bits per heavy atom. The summed E-state index contributed by atoms with van der Waals surface area (Å²) in [5.41, 5.74) is 1.01. The number of carbonyl (C=O) groups is 1. The topological polar surface area (TPSA) is 98.1 Å². The molecule has 9 heteroatoms. The van der Waals surface area contributed by atoms with Crippen LogP contribution in [-0.2, 0) is 27.6 Å². The van der Waals surface area contributed by atoms with E-state index in [1.54, 1.807) is 24.3 Å². The van der Waals surface area contributed by atoms with Gasteiger partial charge in [0.05, 0.1) is 17.2 Å². The van der Waals surface area contributed by atoms with Gasteiger partial charge in [0, 0.05) is 29.1 Å². The molecule has 30 heavy (non-hydrogen) atoms. The number of nitrogens with one attached hydrogen (secondary N) is 1. The van der Waals surface area contributed by atoms with Crippen molar-refractivity contribution in [1.29, 1.82) is 0 Å². The first kappa shape index (κ1) is 22.5. The predicted octanol–water partition coefficient (Wildman–Crippen LogP) is 2.60. The van der Waals surface area contributed by atoms with Crippen molar-refractivity contribution in [3.63, 3.8) is 0 Å². The third kappa shape index (κ3) is 5.92. The predicted molar refractivity (Wildman–Crippen MR) is 117 cm³/mol. The summed E-state index contributed by atoms with van der Waals surface area (Å²) < 4.78 is 24.6. The largest absolute Gasteiger partial charge is 0.351 e. The number of aromatic nitrogens is 2. The first-order valence-corrected chi connectivity index (χ1v) is 12.3. The molecular formula is C21H26ClN3O4S. The fraction of sp³-hybridized carbons (Fsp3) is 0.476. The molecule has 0 aliphatic carbocycles. The molecule has 3 rings (SSSR count). The highest BCUT2D eigenvalue weighted by molar-refractivity contribution is 7.91. The molecular weight excluding hydrogens is 426 g/mol. The van der Waals surface area contributed by atoms with Gasteiger partial charge in [0.1, 0.15) is 12.4 Å². The minimum Gasteiger partial charge on any atom is -0.351 e. The molecule has 162 valence electrons. The van der Waals surface area contributed by atoms with E-state index in [1.165, 1.54) is 10.6 Å². The lowest BCUT2D eigenvalue weighted by Crippen LogP contribution is -2.40. The van der Waals surface area contributed by atoms with E-state index >= 15 is 0 Å². The van der Waals surface area contributed by atoms with Gasteiger partial charge in [0.25, 0.3) is 5.56 Å². The van der Waals surface area contributed by atoms with Gasteiger partial charge < -0.3 is 5.32 Å². The molecule has 0 bridgehead atoms. The van der Waals surface area contributed by atoms with Crippen LogP contribution in [0.25, 0.3) is 11.3 Å². The zero-order valence-corrected chi connectivity index (χ0v) is 18.5. The molecule has 1 amide bonds. The van der Waals surface area contributed by atoms with Gasteiger partial charge in [-0.15, -0.1) is 0 Å². The molecule has 0 radical (unpaired) electrons. The van der Waals surface area contributed by atoms with E-state index < -0.39 is 15.9 Å². The van der Waals surface area contributed by atoms with Gasteiger partial charge in [-0.1, -0.05) is 43.5 Å². The van der Waals surface area contributed by atoms with Gasteiger partial charge in [-0.05, 0) is 25.0 Å². The molecule has 2 aromatic rings. The monoisotopic (exact) mass is 451 g/mol. The molecule has 1 aliphatic rings. The third-order valence-corrected chi connectivity index (χ3v) is 7.15. The molecule has 1 fully saturated rings. The number of unbranched alkanes of at least 4 members (excludes halogenated alkanes) is 2. The van der Waals surface area contributed by atoms with Crippen molar-refractivity contribution in [1.82, 2.24) is 14.9 Å². The number of hydrogen-bond acceptors (Lipinski definition) is 5. The Morgan fingerprint density at radius 1 is 1.27 bits per heavy atom. The minimum absolute atomic E-state index is 0.0508. The Hall–Kier alpha value is -2.19. The second kappa shape index (κ2) is 9.75. The molecule has 1 N–H and O–H groups in total. The lowest BCUT2D eigenvalue weighted by Gasteiger charge is -2.15. The summed E-state index contributed by atoms with van der Waals surface area (Å²) in [5, 5.41) is 3.33. The SMILES string of the molecule is CCCCCc1nc(-c2ccc(Cl)cc2)cc(=O)n1CC(=O)NC1CCS(=O)(=O)C1. The molecule has 1 aliphatic heterocycles. The van der Waals surface area contributed by atoms with Crippen LogP contribution in [0.3, 0.4) is 0 Å². The molecule has 1 saturated heterocycles. The fourth-order valence-corrected chi connectivity index (χ4v) is 5.34. The Balaban J connectivity index is 1.83. The van der Waals surface area contributed by atoms with E-state index in [-0.39, 0.29) is 29.5 Å². The highest BCUT2D eigenvalue weighted by Crippen LogP contribution is 2.19. The summed E-state index contributed by atoms with van der Waals surface area (Å²) in [5.74, 6) is 0.203. The maximum atomic E-state index is 12.8. The maximum absolute atomic E-state index is 12.8. The number of amides is 1. The summed E-state index contributed by atoms with van der Waals surface area (Å²) in [6.45, 7) is 1.92. The molecule has 1 aromatic heterocycles. The van der Waals surface area contributed by atoms with Crippen molar-refractivity contribution >= 4 is 27.3 Å². The first-order chi connectivity index (χ1) is 14.3. The normalized spacial score (nSPS) is 17.7. The minimum atomic E-state index is -3.09. The summed E-state index contributed by atoms with van der Waals surface area (Å²) >= 11 is 5.95. The van der Waals surface area contributed by atoms with Crippen LogP contribution in [0.15, 0.2) is 35.1 Å². The van der Waals surface area contributed by atoms with E-state index in [1.807, 2.05) is 0 Å². The smallest absolute Gasteiger partial charge is 0.254 e. The van der Waals surface area contributed by atoms with Crippen LogP contribution in [0.5, 0.6) is 0 Å². The Morgan fingerprint density at radius 2 is 2.00 bits per heavy atom. The van der Waals surface area contributed by atoms with Gasteiger partial charge in [-0.25, -0.2) is 13.4 Å². The van der Waals surface area contributed by atoms with E-state index in [0.29, 0.717) is 29.4 Å². The van der Waals surface area contributed by atoms with Crippen LogP contribution < -0.4 is 10.9 Å². The summed E-state index contributed by atoms with van der Waals surface area (Å²) in [7, 11) is -3.09. The highest BCUT2D eigenvalue weighted by atomic mass is 35.5. The van der Waals surface area contributed by atoms with E-state index in [9.17, 15) is 18.0 Å². The zero-order valence-electron chi connectivity index (χ0n) is 16.9. The number of hydrogen-bond donors (Lipinski definition) is 1. The third-order valence-electron chi connectivity index (χ3n) is 5.13. The molecule has 0 saturated carbocycles. The fourth-order valence-electron chi connectivity index (χ4n) is 3.54. The van der Waals surface area contributed by atoms with Crippen molar-refractivity contribution in [2.75, 3.05) is 11.5 Å². The maximum Gasteiger partial charge on any atom is 0.254 e. The van der Waals surface area contributed by atoms with Crippen molar-refractivity contribution in [3.05, 3.63) is 51.5 Å². The average molecular weight is 452 g/mol. The van der Waals surface area contributed by atoms with E-state index in [4.69, 9.17) is 11.6 Å². The van der Waals surface area contributed by atoms with Crippen LogP contribution in [0.1, 0.15) is 38.4 Å². The summed E-state index contributed by atoms with van der Waals surface area (Å²) in [4.78, 5) is 30.0. The molecule has 1 aromatic carbocycles. The van der Waals surface area contributed by atoms with Gasteiger partial charge in [0.15, 0.2) is 9.84 Å². The van der Waals surface area contributed by atoms with E-state index in [2.05, 4.69) is 17.2 Å². The van der Waals surface area contributed by atoms with Crippen LogP contribution in [0.4, 0.5) is 0 Å². The van der Waals surface area contributed by atoms with Crippen molar-refractivity contribution in [2.45, 2.75) is 51.6 Å². The van der Waals surface area contributed by atoms with Crippen LogP contribution in [0, 0.1) is 0 Å². The van der Waals surface area contributed by atoms with Crippen LogP contribution >= 0.6 is 11.6 Å². The molecule has 1 unspecified atom stereocenters.